The van der Waals surface area contributed by atoms with Gasteiger partial charge in [-0.2, -0.15) is 0 Å². The Hall–Kier alpha value is -2.18. The van der Waals surface area contributed by atoms with Gasteiger partial charge in [0.2, 0.25) is 0 Å². The third-order valence-electron chi connectivity index (χ3n) is 3.25. The minimum absolute atomic E-state index is 0.0479. The van der Waals surface area contributed by atoms with Crippen LogP contribution < -0.4 is 5.76 Å². The van der Waals surface area contributed by atoms with E-state index in [0.717, 1.165) is 4.57 Å². The molecule has 8 heteroatoms. The summed E-state index contributed by atoms with van der Waals surface area (Å²) in [6, 6.07) is 8.15. The summed E-state index contributed by atoms with van der Waals surface area (Å²) in [6.07, 6.45) is 0. The minimum Gasteiger partial charge on any atom is -0.295 e. The summed E-state index contributed by atoms with van der Waals surface area (Å²) in [5.41, 5.74) is -0.0411. The lowest BCUT2D eigenvalue weighted by Crippen LogP contribution is -2.17. The zero-order valence-electron chi connectivity index (χ0n) is 11.4. The zero-order valence-corrected chi connectivity index (χ0v) is 12.9. The van der Waals surface area contributed by atoms with E-state index < -0.39 is 17.4 Å². The SMILES string of the molecule is O=c1onc(-c2c(F)cccc2Cl)n1Cc1c(F)cccc1Cl. The predicted octanol–water partition coefficient (Wildman–Crippen LogP) is 4.14. The van der Waals surface area contributed by atoms with Gasteiger partial charge in [0, 0.05) is 10.6 Å². The molecule has 0 unspecified atom stereocenters. The van der Waals surface area contributed by atoms with Crippen molar-refractivity contribution in [2.75, 3.05) is 0 Å². The highest BCUT2D eigenvalue weighted by atomic mass is 35.5. The van der Waals surface area contributed by atoms with Gasteiger partial charge in [-0.05, 0) is 24.3 Å². The predicted molar refractivity (Wildman–Crippen MR) is 81.7 cm³/mol. The summed E-state index contributed by atoms with van der Waals surface area (Å²) in [6.45, 7) is -0.270. The average molecular weight is 357 g/mol. The van der Waals surface area contributed by atoms with Gasteiger partial charge in [-0.3, -0.25) is 9.09 Å². The number of rotatable bonds is 3. The molecule has 3 rings (SSSR count). The normalized spacial score (nSPS) is 11.0. The van der Waals surface area contributed by atoms with Crippen molar-refractivity contribution >= 4 is 23.2 Å². The maximum absolute atomic E-state index is 14.0. The van der Waals surface area contributed by atoms with E-state index in [4.69, 9.17) is 23.2 Å². The molecular formula is C15H8Cl2F2N2O2. The Morgan fingerprint density at radius 1 is 1.04 bits per heavy atom. The second-order valence-corrected chi connectivity index (χ2v) is 5.47. The van der Waals surface area contributed by atoms with Crippen molar-refractivity contribution < 1.29 is 13.3 Å². The van der Waals surface area contributed by atoms with E-state index in [-0.39, 0.29) is 33.5 Å². The third kappa shape index (κ3) is 2.87. The number of benzene rings is 2. The van der Waals surface area contributed by atoms with Crippen molar-refractivity contribution in [1.82, 2.24) is 9.72 Å². The molecule has 0 aliphatic rings. The highest BCUT2D eigenvalue weighted by molar-refractivity contribution is 6.33. The topological polar surface area (TPSA) is 48.0 Å². The summed E-state index contributed by atoms with van der Waals surface area (Å²) in [4.78, 5) is 11.9. The van der Waals surface area contributed by atoms with E-state index in [2.05, 4.69) is 9.68 Å². The fraction of sp³-hybridized carbons (Fsp3) is 0.0667. The Labute approximate surface area is 138 Å². The lowest BCUT2D eigenvalue weighted by Gasteiger charge is -2.09. The number of nitrogens with zero attached hydrogens (tertiary/aromatic N) is 2. The van der Waals surface area contributed by atoms with Crippen LogP contribution in [0.3, 0.4) is 0 Å². The van der Waals surface area contributed by atoms with Crippen molar-refractivity contribution in [3.05, 3.63) is 74.2 Å². The largest absolute Gasteiger partial charge is 0.442 e. The molecule has 0 saturated carbocycles. The molecule has 23 heavy (non-hydrogen) atoms. The van der Waals surface area contributed by atoms with Crippen LogP contribution in [0.5, 0.6) is 0 Å². The Morgan fingerprint density at radius 2 is 1.70 bits per heavy atom. The van der Waals surface area contributed by atoms with Crippen molar-refractivity contribution in [2.45, 2.75) is 6.54 Å². The van der Waals surface area contributed by atoms with Crippen molar-refractivity contribution in [2.24, 2.45) is 0 Å². The Balaban J connectivity index is 2.16. The van der Waals surface area contributed by atoms with Gasteiger partial charge in [0.15, 0.2) is 5.82 Å². The van der Waals surface area contributed by atoms with Crippen LogP contribution in [0, 0.1) is 11.6 Å². The third-order valence-corrected chi connectivity index (χ3v) is 3.92. The quantitative estimate of drug-likeness (QED) is 0.708. The molecule has 0 spiro atoms. The highest BCUT2D eigenvalue weighted by Crippen LogP contribution is 2.29. The van der Waals surface area contributed by atoms with Gasteiger partial charge in [0.05, 0.1) is 17.1 Å². The van der Waals surface area contributed by atoms with Crippen molar-refractivity contribution in [3.63, 3.8) is 0 Å². The standard InChI is InChI=1S/C15H8Cl2F2N2O2/c16-9-3-1-5-11(18)8(9)7-21-14(20-23-15(21)22)13-10(17)4-2-6-12(13)19/h1-6H,7H2. The number of aromatic nitrogens is 2. The van der Waals surface area contributed by atoms with Gasteiger partial charge in [-0.25, -0.2) is 13.6 Å². The summed E-state index contributed by atoms with van der Waals surface area (Å²) >= 11 is 11.9. The lowest BCUT2D eigenvalue weighted by atomic mass is 10.1. The molecule has 0 aliphatic heterocycles. The van der Waals surface area contributed by atoms with Crippen LogP contribution in [0.1, 0.15) is 5.56 Å². The summed E-state index contributed by atoms with van der Waals surface area (Å²) in [7, 11) is 0. The highest BCUT2D eigenvalue weighted by Gasteiger charge is 2.21. The van der Waals surface area contributed by atoms with E-state index >= 15 is 0 Å². The molecule has 0 N–H and O–H groups in total. The molecular weight excluding hydrogens is 349 g/mol. The van der Waals surface area contributed by atoms with Crippen molar-refractivity contribution in [3.8, 4) is 11.4 Å². The molecule has 0 saturated heterocycles. The first-order valence-electron chi connectivity index (χ1n) is 6.43. The van der Waals surface area contributed by atoms with Crippen LogP contribution in [0.25, 0.3) is 11.4 Å². The summed E-state index contributed by atoms with van der Waals surface area (Å²) < 4.78 is 33.5. The molecule has 0 fully saturated rings. The van der Waals surface area contributed by atoms with E-state index in [9.17, 15) is 13.6 Å². The molecule has 2 aromatic carbocycles. The van der Waals surface area contributed by atoms with Crippen LogP contribution in [0.15, 0.2) is 45.7 Å². The number of hydrogen-bond donors (Lipinski definition) is 0. The van der Waals surface area contributed by atoms with E-state index in [1.165, 1.54) is 36.4 Å². The van der Waals surface area contributed by atoms with Crippen LogP contribution in [0.4, 0.5) is 8.78 Å². The van der Waals surface area contributed by atoms with Gasteiger partial charge in [-0.1, -0.05) is 40.5 Å². The van der Waals surface area contributed by atoms with Gasteiger partial charge in [0.25, 0.3) is 0 Å². The molecule has 1 heterocycles. The Kier molecular flexibility index (Phi) is 4.19. The first kappa shape index (κ1) is 15.7. The second kappa shape index (κ2) is 6.14. The monoisotopic (exact) mass is 356 g/mol. The minimum atomic E-state index is -0.876. The smallest absolute Gasteiger partial charge is 0.295 e. The Morgan fingerprint density at radius 3 is 2.35 bits per heavy atom. The summed E-state index contributed by atoms with van der Waals surface area (Å²) in [5, 5.41) is 3.72. The molecule has 0 atom stereocenters. The molecule has 0 amide bonds. The first-order chi connectivity index (χ1) is 11.0. The first-order valence-corrected chi connectivity index (χ1v) is 7.18. The maximum atomic E-state index is 14.0. The number of halogens is 4. The Bertz CT molecular complexity index is 897. The zero-order chi connectivity index (χ0) is 16.6. The summed E-state index contributed by atoms with van der Waals surface area (Å²) in [5.74, 6) is -2.30. The van der Waals surface area contributed by atoms with Gasteiger partial charge >= 0.3 is 5.76 Å². The average Bonchev–Trinajstić information content (AvgIpc) is 2.84. The molecule has 0 aliphatic carbocycles. The van der Waals surface area contributed by atoms with E-state index in [1.807, 2.05) is 0 Å². The van der Waals surface area contributed by atoms with Crippen LogP contribution >= 0.6 is 23.2 Å². The van der Waals surface area contributed by atoms with E-state index in [0.29, 0.717) is 0 Å². The molecule has 0 bridgehead atoms. The fourth-order valence-electron chi connectivity index (χ4n) is 2.14. The van der Waals surface area contributed by atoms with Gasteiger partial charge in [-0.15, -0.1) is 0 Å². The molecule has 118 valence electrons. The van der Waals surface area contributed by atoms with Crippen LogP contribution in [-0.2, 0) is 6.54 Å². The molecule has 4 nitrogen and oxygen atoms in total. The molecule has 1 aromatic heterocycles. The fourth-order valence-corrected chi connectivity index (χ4v) is 2.61. The van der Waals surface area contributed by atoms with Gasteiger partial charge < -0.3 is 0 Å². The van der Waals surface area contributed by atoms with Gasteiger partial charge in [0.1, 0.15) is 11.6 Å². The van der Waals surface area contributed by atoms with Crippen molar-refractivity contribution in [1.29, 1.82) is 0 Å². The number of hydrogen-bond acceptors (Lipinski definition) is 3. The van der Waals surface area contributed by atoms with Crippen LogP contribution in [0.2, 0.25) is 10.0 Å². The second-order valence-electron chi connectivity index (χ2n) is 4.66. The lowest BCUT2D eigenvalue weighted by molar-refractivity contribution is 0.377. The maximum Gasteiger partial charge on any atom is 0.442 e. The van der Waals surface area contributed by atoms with E-state index in [1.54, 1.807) is 0 Å². The molecule has 3 aromatic rings. The van der Waals surface area contributed by atoms with Crippen LogP contribution in [-0.4, -0.2) is 9.72 Å². The molecule has 0 radical (unpaired) electrons.